The maximum atomic E-state index is 11.8. The van der Waals surface area contributed by atoms with Crippen LogP contribution in [-0.2, 0) is 6.54 Å². The highest BCUT2D eigenvalue weighted by molar-refractivity contribution is 5.74. The summed E-state index contributed by atoms with van der Waals surface area (Å²) in [5.41, 5.74) is 1.00. The van der Waals surface area contributed by atoms with Crippen LogP contribution >= 0.6 is 0 Å². The van der Waals surface area contributed by atoms with Crippen molar-refractivity contribution < 1.29 is 4.79 Å². The van der Waals surface area contributed by atoms with E-state index in [4.69, 9.17) is 0 Å². The van der Waals surface area contributed by atoms with E-state index in [1.165, 1.54) is 32.1 Å². The normalized spacial score (nSPS) is 17.4. The van der Waals surface area contributed by atoms with E-state index in [0.717, 1.165) is 17.9 Å². The molecule has 109 valence electrons. The number of urea groups is 1. The van der Waals surface area contributed by atoms with Crippen molar-refractivity contribution in [1.29, 1.82) is 0 Å². The Morgan fingerprint density at radius 1 is 1.35 bits per heavy atom. The Kier molecular flexibility index (Phi) is 5.90. The van der Waals surface area contributed by atoms with Crippen LogP contribution in [0.1, 0.15) is 51.0 Å². The minimum atomic E-state index is -0.0782. The Bertz CT molecular complexity index is 399. The third kappa shape index (κ3) is 5.24. The summed E-state index contributed by atoms with van der Waals surface area (Å²) >= 11 is 0. The smallest absolute Gasteiger partial charge is 0.315 e. The zero-order valence-corrected chi connectivity index (χ0v) is 12.3. The number of carbonyl (C=O) groups is 1. The van der Waals surface area contributed by atoms with Gasteiger partial charge in [0, 0.05) is 12.6 Å². The summed E-state index contributed by atoms with van der Waals surface area (Å²) in [6.07, 6.45) is 7.84. The quantitative estimate of drug-likeness (QED) is 0.845. The number of carbonyl (C=O) groups excluding carboxylic acids is 1. The van der Waals surface area contributed by atoms with E-state index in [1.54, 1.807) is 0 Å². The van der Waals surface area contributed by atoms with Crippen molar-refractivity contribution in [3.63, 3.8) is 0 Å². The van der Waals surface area contributed by atoms with Crippen LogP contribution in [0.4, 0.5) is 4.79 Å². The van der Waals surface area contributed by atoms with Crippen LogP contribution in [0.15, 0.2) is 24.3 Å². The Morgan fingerprint density at radius 3 is 2.85 bits per heavy atom. The summed E-state index contributed by atoms with van der Waals surface area (Å²) in [6, 6.07) is 11.0. The van der Waals surface area contributed by atoms with Crippen LogP contribution in [-0.4, -0.2) is 12.1 Å². The maximum Gasteiger partial charge on any atom is 0.315 e. The van der Waals surface area contributed by atoms with Gasteiger partial charge in [0.2, 0.25) is 0 Å². The van der Waals surface area contributed by atoms with E-state index >= 15 is 0 Å². The Balaban J connectivity index is 1.65. The van der Waals surface area contributed by atoms with Crippen LogP contribution in [0, 0.1) is 12.0 Å². The molecule has 2 N–H and O–H groups in total. The van der Waals surface area contributed by atoms with E-state index in [2.05, 4.69) is 23.6 Å². The summed E-state index contributed by atoms with van der Waals surface area (Å²) in [4.78, 5) is 11.8. The highest BCUT2D eigenvalue weighted by atomic mass is 16.2. The number of nitrogens with one attached hydrogen (secondary N) is 2. The van der Waals surface area contributed by atoms with Crippen molar-refractivity contribution in [3.8, 4) is 0 Å². The fourth-order valence-electron chi connectivity index (χ4n) is 2.97. The van der Waals surface area contributed by atoms with Crippen LogP contribution in [0.5, 0.6) is 0 Å². The molecular formula is C17H25N2O. The van der Waals surface area contributed by atoms with E-state index in [9.17, 15) is 4.79 Å². The molecule has 3 heteroatoms. The molecule has 0 aromatic heterocycles. The molecule has 0 aliphatic heterocycles. The number of rotatable bonds is 5. The number of amides is 2. The lowest BCUT2D eigenvalue weighted by molar-refractivity contribution is 0.232. The molecule has 20 heavy (non-hydrogen) atoms. The molecule has 0 saturated heterocycles. The molecule has 1 aromatic carbocycles. The van der Waals surface area contributed by atoms with Gasteiger partial charge in [-0.3, -0.25) is 0 Å². The minimum Gasteiger partial charge on any atom is -0.336 e. The molecule has 1 unspecified atom stereocenters. The largest absolute Gasteiger partial charge is 0.336 e. The standard InChI is InChI=1S/C17H25N2O/c1-14(12-15-8-4-2-5-9-15)19-17(20)18-13-16-10-6-3-7-11-16/h3,6-7,10,14-15H,2,4-5,8-9,12-13H2,1H3,(H2,18,19,20). The van der Waals surface area contributed by atoms with Crippen molar-refractivity contribution >= 4 is 6.03 Å². The predicted octanol–water partition coefficient (Wildman–Crippen LogP) is 3.64. The topological polar surface area (TPSA) is 41.1 Å². The van der Waals surface area contributed by atoms with Gasteiger partial charge in [-0.25, -0.2) is 4.79 Å². The van der Waals surface area contributed by atoms with Crippen LogP contribution in [0.3, 0.4) is 0 Å². The zero-order valence-electron chi connectivity index (χ0n) is 12.3. The summed E-state index contributed by atoms with van der Waals surface area (Å²) in [7, 11) is 0. The maximum absolute atomic E-state index is 11.8. The third-order valence-corrected chi connectivity index (χ3v) is 4.00. The lowest BCUT2D eigenvalue weighted by Gasteiger charge is -2.25. The molecule has 0 heterocycles. The van der Waals surface area contributed by atoms with Gasteiger partial charge in [-0.1, -0.05) is 56.4 Å². The molecule has 1 saturated carbocycles. The van der Waals surface area contributed by atoms with Crippen LogP contribution in [0.25, 0.3) is 0 Å². The molecule has 1 fully saturated rings. The van der Waals surface area contributed by atoms with Crippen molar-refractivity contribution in [2.45, 2.75) is 58.0 Å². The van der Waals surface area contributed by atoms with Gasteiger partial charge < -0.3 is 10.6 Å². The van der Waals surface area contributed by atoms with Crippen molar-refractivity contribution in [3.05, 3.63) is 35.9 Å². The SMILES string of the molecule is CC(CC1CCCCC1)NC(=O)NCc1[c]cccc1. The van der Waals surface area contributed by atoms with Gasteiger partial charge >= 0.3 is 6.03 Å². The van der Waals surface area contributed by atoms with Gasteiger partial charge in [-0.15, -0.1) is 0 Å². The highest BCUT2D eigenvalue weighted by Gasteiger charge is 2.17. The van der Waals surface area contributed by atoms with Gasteiger partial charge in [0.25, 0.3) is 0 Å². The number of hydrogen-bond donors (Lipinski definition) is 2. The fraction of sp³-hybridized carbons (Fsp3) is 0.588. The lowest BCUT2D eigenvalue weighted by Crippen LogP contribution is -2.41. The second kappa shape index (κ2) is 7.93. The molecule has 1 aromatic rings. The summed E-state index contributed by atoms with van der Waals surface area (Å²) in [5.74, 6) is 0.793. The Morgan fingerprint density at radius 2 is 2.15 bits per heavy atom. The van der Waals surface area contributed by atoms with E-state index in [-0.39, 0.29) is 12.1 Å². The van der Waals surface area contributed by atoms with E-state index < -0.39 is 0 Å². The van der Waals surface area contributed by atoms with Crippen molar-refractivity contribution in [1.82, 2.24) is 10.6 Å². The molecule has 3 nitrogen and oxygen atoms in total. The lowest BCUT2D eigenvalue weighted by atomic mass is 9.85. The average molecular weight is 273 g/mol. The van der Waals surface area contributed by atoms with Crippen LogP contribution in [0.2, 0.25) is 0 Å². The predicted molar refractivity (Wildman–Crippen MR) is 81.3 cm³/mol. The molecule has 1 aliphatic carbocycles. The molecule has 2 amide bonds. The monoisotopic (exact) mass is 273 g/mol. The Hall–Kier alpha value is -1.51. The van der Waals surface area contributed by atoms with Gasteiger partial charge in [-0.05, 0) is 30.9 Å². The first-order valence-electron chi connectivity index (χ1n) is 7.74. The summed E-state index contributed by atoms with van der Waals surface area (Å²) in [5, 5.41) is 5.92. The first-order valence-corrected chi connectivity index (χ1v) is 7.74. The second-order valence-electron chi connectivity index (χ2n) is 5.86. The minimum absolute atomic E-state index is 0.0782. The average Bonchev–Trinajstić information content (AvgIpc) is 2.47. The molecule has 0 spiro atoms. The van der Waals surface area contributed by atoms with Gasteiger partial charge in [0.05, 0.1) is 0 Å². The molecule has 0 bridgehead atoms. The first-order chi connectivity index (χ1) is 9.74. The van der Waals surface area contributed by atoms with Crippen LogP contribution < -0.4 is 10.6 Å². The first kappa shape index (κ1) is 14.9. The molecular weight excluding hydrogens is 248 g/mol. The summed E-state index contributed by atoms with van der Waals surface area (Å²) < 4.78 is 0. The van der Waals surface area contributed by atoms with Gasteiger partial charge in [-0.2, -0.15) is 0 Å². The molecule has 1 radical (unpaired) electrons. The molecule has 1 atom stereocenters. The van der Waals surface area contributed by atoms with E-state index in [1.807, 2.05) is 24.3 Å². The van der Waals surface area contributed by atoms with Crippen molar-refractivity contribution in [2.75, 3.05) is 0 Å². The number of hydrogen-bond acceptors (Lipinski definition) is 1. The molecule has 2 rings (SSSR count). The third-order valence-electron chi connectivity index (χ3n) is 4.00. The Labute approximate surface area is 122 Å². The van der Waals surface area contributed by atoms with Gasteiger partial charge in [0.15, 0.2) is 0 Å². The highest BCUT2D eigenvalue weighted by Crippen LogP contribution is 2.27. The second-order valence-corrected chi connectivity index (χ2v) is 5.86. The van der Waals surface area contributed by atoms with Crippen molar-refractivity contribution in [2.24, 2.45) is 5.92 Å². The summed E-state index contributed by atoms with van der Waals surface area (Å²) in [6.45, 7) is 2.63. The molecule has 1 aliphatic rings. The van der Waals surface area contributed by atoms with Gasteiger partial charge in [0.1, 0.15) is 0 Å². The van der Waals surface area contributed by atoms with E-state index in [0.29, 0.717) is 6.54 Å². The fourth-order valence-corrected chi connectivity index (χ4v) is 2.97. The zero-order chi connectivity index (χ0) is 14.2. The number of benzene rings is 1.